The molecule has 11 heteroatoms. The van der Waals surface area contributed by atoms with Crippen LogP contribution >= 0.6 is 22.9 Å². The Labute approximate surface area is 202 Å². The average Bonchev–Trinajstić information content (AvgIpc) is 3.51. The Balaban J connectivity index is 1.39. The summed E-state index contributed by atoms with van der Waals surface area (Å²) in [7, 11) is 1.58. The van der Waals surface area contributed by atoms with Crippen molar-refractivity contribution >= 4 is 45.0 Å². The summed E-state index contributed by atoms with van der Waals surface area (Å²) in [6.07, 6.45) is 3.32. The monoisotopic (exact) mass is 492 g/mol. The smallest absolute Gasteiger partial charge is 0.296 e. The van der Waals surface area contributed by atoms with Crippen LogP contribution in [0.1, 0.15) is 16.1 Å². The zero-order valence-electron chi connectivity index (χ0n) is 17.8. The predicted octanol–water partition coefficient (Wildman–Crippen LogP) is 4.97. The number of hydrogen-bond donors (Lipinski definition) is 2. The molecular formula is C23H17ClN6O3S. The first-order valence-electron chi connectivity index (χ1n) is 10.1. The Morgan fingerprint density at radius 2 is 2.06 bits per heavy atom. The number of amides is 1. The van der Waals surface area contributed by atoms with Gasteiger partial charge in [-0.2, -0.15) is 0 Å². The molecule has 5 rings (SSSR count). The first-order valence-corrected chi connectivity index (χ1v) is 11.3. The summed E-state index contributed by atoms with van der Waals surface area (Å²) < 4.78 is 11.1. The molecule has 0 aliphatic rings. The Kier molecular flexibility index (Phi) is 6.07. The number of benzene rings is 1. The van der Waals surface area contributed by atoms with Gasteiger partial charge in [-0.3, -0.25) is 15.1 Å². The Hall–Kier alpha value is -4.02. The molecule has 0 radical (unpaired) electrons. The third-order valence-corrected chi connectivity index (χ3v) is 5.87. The minimum atomic E-state index is -0.382. The highest BCUT2D eigenvalue weighted by molar-refractivity contribution is 7.17. The summed E-state index contributed by atoms with van der Waals surface area (Å²) >= 11 is 6.96. The second kappa shape index (κ2) is 9.46. The Morgan fingerprint density at radius 1 is 1.18 bits per heavy atom. The molecule has 0 aliphatic carbocycles. The molecule has 1 aromatic carbocycles. The number of nitrogens with one attached hydrogen (secondary N) is 2. The molecule has 2 N–H and O–H groups in total. The van der Waals surface area contributed by atoms with E-state index in [1.807, 2.05) is 30.3 Å². The molecule has 0 fully saturated rings. The lowest BCUT2D eigenvalue weighted by Gasteiger charge is -2.12. The number of hydrogen-bond acceptors (Lipinski definition) is 8. The summed E-state index contributed by atoms with van der Waals surface area (Å²) in [6.45, 7) is 0.200. The van der Waals surface area contributed by atoms with E-state index in [0.29, 0.717) is 43.6 Å². The molecular weight excluding hydrogens is 476 g/mol. The molecule has 1 amide bonds. The van der Waals surface area contributed by atoms with Gasteiger partial charge >= 0.3 is 0 Å². The van der Waals surface area contributed by atoms with Crippen molar-refractivity contribution in [2.75, 3.05) is 12.4 Å². The van der Waals surface area contributed by atoms with Gasteiger partial charge in [-0.1, -0.05) is 28.8 Å². The van der Waals surface area contributed by atoms with E-state index in [9.17, 15) is 4.79 Å². The molecule has 5 aromatic rings. The normalized spacial score (nSPS) is 10.9. The topological polar surface area (TPSA) is 115 Å². The second-order valence-corrected chi connectivity index (χ2v) is 8.46. The minimum absolute atomic E-state index is 0.200. The van der Waals surface area contributed by atoms with E-state index >= 15 is 0 Å². The number of aromatic amines is 1. The number of methoxy groups -OCH3 is 1. The van der Waals surface area contributed by atoms with Crippen molar-refractivity contribution in [2.24, 2.45) is 0 Å². The molecule has 0 spiro atoms. The van der Waals surface area contributed by atoms with Crippen LogP contribution < -0.4 is 14.8 Å². The SMILES string of the molecule is COc1ccccc1-c1nc2cc[nH]c2cc1C(=O)Nc1nnc(OCc2ccc(Cl)cn2)s1. The lowest BCUT2D eigenvalue weighted by Crippen LogP contribution is -2.14. The number of carbonyl (C=O) groups is 1. The van der Waals surface area contributed by atoms with Crippen molar-refractivity contribution in [1.82, 2.24) is 25.1 Å². The Morgan fingerprint density at radius 3 is 2.88 bits per heavy atom. The number of H-pyrrole nitrogens is 1. The molecule has 4 heterocycles. The maximum absolute atomic E-state index is 13.3. The van der Waals surface area contributed by atoms with Gasteiger partial charge in [-0.15, -0.1) is 5.10 Å². The molecule has 34 heavy (non-hydrogen) atoms. The first-order chi connectivity index (χ1) is 16.6. The Bertz CT molecular complexity index is 1470. The summed E-state index contributed by atoms with van der Waals surface area (Å²) in [6, 6.07) is 14.5. The number of rotatable bonds is 7. The van der Waals surface area contributed by atoms with Gasteiger partial charge in [0.25, 0.3) is 11.1 Å². The maximum atomic E-state index is 13.3. The molecule has 0 saturated carbocycles. The lowest BCUT2D eigenvalue weighted by atomic mass is 10.0. The molecule has 0 bridgehead atoms. The van der Waals surface area contributed by atoms with Crippen LogP contribution in [0.4, 0.5) is 5.13 Å². The summed E-state index contributed by atoms with van der Waals surface area (Å²) in [5.74, 6) is 0.230. The van der Waals surface area contributed by atoms with Crippen molar-refractivity contribution in [2.45, 2.75) is 6.61 Å². The van der Waals surface area contributed by atoms with Crippen LogP contribution in [0, 0.1) is 0 Å². The van der Waals surface area contributed by atoms with E-state index in [-0.39, 0.29) is 12.5 Å². The third kappa shape index (κ3) is 4.54. The van der Waals surface area contributed by atoms with Gasteiger partial charge in [-0.05, 0) is 47.7 Å². The van der Waals surface area contributed by atoms with Crippen molar-refractivity contribution in [3.63, 3.8) is 0 Å². The van der Waals surface area contributed by atoms with Crippen LogP contribution in [0.15, 0.2) is 60.9 Å². The number of halogens is 1. The van der Waals surface area contributed by atoms with Crippen LogP contribution in [-0.2, 0) is 6.61 Å². The van der Waals surface area contributed by atoms with Crippen molar-refractivity contribution < 1.29 is 14.3 Å². The molecule has 9 nitrogen and oxygen atoms in total. The fourth-order valence-corrected chi connectivity index (χ4v) is 4.01. The van der Waals surface area contributed by atoms with Crippen molar-refractivity contribution in [3.8, 4) is 22.2 Å². The average molecular weight is 493 g/mol. The molecule has 4 aromatic heterocycles. The van der Waals surface area contributed by atoms with Crippen LogP contribution in [0.25, 0.3) is 22.3 Å². The van der Waals surface area contributed by atoms with E-state index in [0.717, 1.165) is 22.4 Å². The third-order valence-electron chi connectivity index (χ3n) is 4.90. The number of para-hydroxylation sites is 1. The van der Waals surface area contributed by atoms with Gasteiger partial charge in [0, 0.05) is 18.0 Å². The van der Waals surface area contributed by atoms with Crippen LogP contribution in [0.3, 0.4) is 0 Å². The minimum Gasteiger partial charge on any atom is -0.496 e. The highest BCUT2D eigenvalue weighted by Crippen LogP contribution is 2.33. The molecule has 0 unspecified atom stereocenters. The predicted molar refractivity (Wildman–Crippen MR) is 130 cm³/mol. The summed E-state index contributed by atoms with van der Waals surface area (Å²) in [5.41, 5.74) is 3.73. The first kappa shape index (κ1) is 21.8. The van der Waals surface area contributed by atoms with E-state index in [4.69, 9.17) is 26.1 Å². The standard InChI is InChI=1S/C23H17ClN6O3S/c1-32-19-5-3-2-4-15(19)20-16(10-18-17(27-20)8-9-25-18)21(31)28-22-29-30-23(34-22)33-12-14-7-6-13(24)11-26-14/h2-11,25H,12H2,1H3,(H,28,29,31). The fourth-order valence-electron chi connectivity index (χ4n) is 3.31. The zero-order valence-corrected chi connectivity index (χ0v) is 19.4. The largest absolute Gasteiger partial charge is 0.496 e. The van der Waals surface area contributed by atoms with Crippen molar-refractivity contribution in [1.29, 1.82) is 0 Å². The van der Waals surface area contributed by atoms with E-state index in [2.05, 4.69) is 25.5 Å². The van der Waals surface area contributed by atoms with Gasteiger partial charge < -0.3 is 14.5 Å². The number of aromatic nitrogens is 5. The number of ether oxygens (including phenoxy) is 2. The van der Waals surface area contributed by atoms with Gasteiger partial charge in [0.1, 0.15) is 12.4 Å². The highest BCUT2D eigenvalue weighted by Gasteiger charge is 2.20. The molecule has 0 saturated heterocycles. The van der Waals surface area contributed by atoms with Crippen LogP contribution in [-0.4, -0.2) is 38.2 Å². The van der Waals surface area contributed by atoms with Crippen LogP contribution in [0.2, 0.25) is 5.02 Å². The molecule has 0 aliphatic heterocycles. The number of anilines is 1. The van der Waals surface area contributed by atoms with Gasteiger partial charge in [0.05, 0.1) is 40.1 Å². The summed E-state index contributed by atoms with van der Waals surface area (Å²) in [5, 5.41) is 11.9. The van der Waals surface area contributed by atoms with Crippen molar-refractivity contribution in [3.05, 3.63) is 77.2 Å². The lowest BCUT2D eigenvalue weighted by molar-refractivity contribution is 0.102. The second-order valence-electron chi connectivity index (χ2n) is 7.08. The number of fused-ring (bicyclic) bond motifs is 1. The number of pyridine rings is 2. The molecule has 170 valence electrons. The summed E-state index contributed by atoms with van der Waals surface area (Å²) in [4.78, 5) is 25.2. The fraction of sp³-hybridized carbons (Fsp3) is 0.0870. The quantitative estimate of drug-likeness (QED) is 0.329. The molecule has 0 atom stereocenters. The zero-order chi connectivity index (χ0) is 23.5. The number of nitrogens with zero attached hydrogens (tertiary/aromatic N) is 4. The maximum Gasteiger partial charge on any atom is 0.296 e. The van der Waals surface area contributed by atoms with E-state index < -0.39 is 0 Å². The van der Waals surface area contributed by atoms with E-state index in [1.54, 1.807) is 37.7 Å². The van der Waals surface area contributed by atoms with Crippen LogP contribution in [0.5, 0.6) is 10.9 Å². The van der Waals surface area contributed by atoms with E-state index in [1.165, 1.54) is 0 Å². The highest BCUT2D eigenvalue weighted by atomic mass is 35.5. The van der Waals surface area contributed by atoms with Gasteiger partial charge in [0.15, 0.2) is 0 Å². The van der Waals surface area contributed by atoms with Gasteiger partial charge in [0.2, 0.25) is 5.13 Å². The van der Waals surface area contributed by atoms with Gasteiger partial charge in [-0.25, -0.2) is 4.98 Å². The number of carbonyl (C=O) groups excluding carboxylic acids is 1.